The van der Waals surface area contributed by atoms with Crippen molar-refractivity contribution in [3.63, 3.8) is 0 Å². The molecule has 1 saturated heterocycles. The SMILES string of the molecule is CC(CN(C)C)OCCN1CCCCC1. The topological polar surface area (TPSA) is 15.7 Å². The van der Waals surface area contributed by atoms with E-state index in [1.807, 2.05) is 0 Å². The standard InChI is InChI=1S/C12H26N2O/c1-12(11-13(2)3)15-10-9-14-7-5-4-6-8-14/h12H,4-11H2,1-3H3. The molecule has 15 heavy (non-hydrogen) atoms. The molecular formula is C12H26N2O. The van der Waals surface area contributed by atoms with Crippen LogP contribution in [0.2, 0.25) is 0 Å². The van der Waals surface area contributed by atoms with Crippen LogP contribution in [-0.2, 0) is 4.74 Å². The van der Waals surface area contributed by atoms with E-state index >= 15 is 0 Å². The average Bonchev–Trinajstić information content (AvgIpc) is 2.18. The predicted molar refractivity (Wildman–Crippen MR) is 64.3 cm³/mol. The van der Waals surface area contributed by atoms with Gasteiger partial charge in [-0.3, -0.25) is 0 Å². The van der Waals surface area contributed by atoms with Gasteiger partial charge in [0.2, 0.25) is 0 Å². The molecule has 0 spiro atoms. The van der Waals surface area contributed by atoms with Crippen molar-refractivity contribution in [2.45, 2.75) is 32.3 Å². The van der Waals surface area contributed by atoms with Crippen molar-refractivity contribution < 1.29 is 4.74 Å². The first-order valence-corrected chi connectivity index (χ1v) is 6.17. The summed E-state index contributed by atoms with van der Waals surface area (Å²) >= 11 is 0. The van der Waals surface area contributed by atoms with Crippen LogP contribution < -0.4 is 0 Å². The molecule has 0 saturated carbocycles. The summed E-state index contributed by atoms with van der Waals surface area (Å²) in [7, 11) is 4.18. The second-order valence-electron chi connectivity index (χ2n) is 4.85. The van der Waals surface area contributed by atoms with E-state index in [-0.39, 0.29) is 0 Å². The molecule has 1 aliphatic heterocycles. The van der Waals surface area contributed by atoms with E-state index < -0.39 is 0 Å². The van der Waals surface area contributed by atoms with Gasteiger partial charge in [-0.1, -0.05) is 6.42 Å². The Balaban J connectivity index is 1.99. The number of likely N-dealkylation sites (tertiary alicyclic amines) is 1. The van der Waals surface area contributed by atoms with Gasteiger partial charge in [-0.15, -0.1) is 0 Å². The highest BCUT2D eigenvalue weighted by Crippen LogP contribution is 2.07. The third-order valence-corrected chi connectivity index (χ3v) is 2.88. The van der Waals surface area contributed by atoms with Gasteiger partial charge in [-0.2, -0.15) is 0 Å². The van der Waals surface area contributed by atoms with Gasteiger partial charge in [-0.05, 0) is 47.0 Å². The van der Waals surface area contributed by atoms with Crippen LogP contribution in [0.25, 0.3) is 0 Å². The highest BCUT2D eigenvalue weighted by Gasteiger charge is 2.10. The maximum Gasteiger partial charge on any atom is 0.0674 e. The predicted octanol–water partition coefficient (Wildman–Crippen LogP) is 1.44. The lowest BCUT2D eigenvalue weighted by molar-refractivity contribution is 0.0312. The molecule has 0 N–H and O–H groups in total. The van der Waals surface area contributed by atoms with E-state index in [2.05, 4.69) is 30.8 Å². The van der Waals surface area contributed by atoms with Crippen molar-refractivity contribution in [3.05, 3.63) is 0 Å². The summed E-state index contributed by atoms with van der Waals surface area (Å²) in [4.78, 5) is 4.69. The molecule has 1 fully saturated rings. The Morgan fingerprint density at radius 3 is 2.47 bits per heavy atom. The Kier molecular flexibility index (Phi) is 6.22. The zero-order valence-corrected chi connectivity index (χ0v) is 10.5. The molecular weight excluding hydrogens is 188 g/mol. The highest BCUT2D eigenvalue weighted by atomic mass is 16.5. The van der Waals surface area contributed by atoms with Crippen LogP contribution in [-0.4, -0.2) is 62.8 Å². The van der Waals surface area contributed by atoms with Crippen LogP contribution in [0, 0.1) is 0 Å². The van der Waals surface area contributed by atoms with Crippen molar-refractivity contribution in [2.75, 3.05) is 46.9 Å². The summed E-state index contributed by atoms with van der Waals surface area (Å²) in [6, 6.07) is 0. The molecule has 1 atom stereocenters. The molecule has 0 radical (unpaired) electrons. The first-order chi connectivity index (χ1) is 7.18. The van der Waals surface area contributed by atoms with E-state index in [1.54, 1.807) is 0 Å². The Morgan fingerprint density at radius 2 is 1.87 bits per heavy atom. The van der Waals surface area contributed by atoms with Gasteiger partial charge in [0, 0.05) is 13.1 Å². The quantitative estimate of drug-likeness (QED) is 0.665. The minimum Gasteiger partial charge on any atom is -0.376 e. The fourth-order valence-electron chi connectivity index (χ4n) is 2.13. The molecule has 0 amide bonds. The van der Waals surface area contributed by atoms with Crippen LogP contribution in [0.5, 0.6) is 0 Å². The maximum atomic E-state index is 5.77. The molecule has 0 aliphatic carbocycles. The van der Waals surface area contributed by atoms with Crippen LogP contribution in [0.15, 0.2) is 0 Å². The number of piperidine rings is 1. The molecule has 0 aromatic heterocycles. The largest absolute Gasteiger partial charge is 0.376 e. The van der Waals surface area contributed by atoms with Gasteiger partial charge in [0.1, 0.15) is 0 Å². The number of rotatable bonds is 6. The number of ether oxygens (including phenoxy) is 1. The monoisotopic (exact) mass is 214 g/mol. The molecule has 1 unspecified atom stereocenters. The van der Waals surface area contributed by atoms with Crippen LogP contribution in [0.1, 0.15) is 26.2 Å². The van der Waals surface area contributed by atoms with Gasteiger partial charge < -0.3 is 14.5 Å². The van der Waals surface area contributed by atoms with Crippen molar-refractivity contribution in [1.82, 2.24) is 9.80 Å². The number of hydrogen-bond acceptors (Lipinski definition) is 3. The first kappa shape index (κ1) is 12.9. The summed E-state index contributed by atoms with van der Waals surface area (Å²) in [6.45, 7) is 7.69. The second-order valence-corrected chi connectivity index (χ2v) is 4.85. The molecule has 1 aliphatic rings. The lowest BCUT2D eigenvalue weighted by atomic mass is 10.1. The average molecular weight is 214 g/mol. The van der Waals surface area contributed by atoms with Crippen molar-refractivity contribution >= 4 is 0 Å². The molecule has 0 aromatic rings. The smallest absolute Gasteiger partial charge is 0.0674 e. The Bertz CT molecular complexity index is 156. The number of nitrogens with zero attached hydrogens (tertiary/aromatic N) is 2. The summed E-state index contributed by atoms with van der Waals surface area (Å²) in [5.74, 6) is 0. The fraction of sp³-hybridized carbons (Fsp3) is 1.00. The minimum absolute atomic E-state index is 0.352. The second kappa shape index (κ2) is 7.20. The molecule has 1 rings (SSSR count). The number of hydrogen-bond donors (Lipinski definition) is 0. The van der Waals surface area contributed by atoms with Gasteiger partial charge in [0.15, 0.2) is 0 Å². The van der Waals surface area contributed by atoms with Gasteiger partial charge in [0.25, 0.3) is 0 Å². The van der Waals surface area contributed by atoms with E-state index in [0.29, 0.717) is 6.10 Å². The van der Waals surface area contributed by atoms with Crippen molar-refractivity contribution in [2.24, 2.45) is 0 Å². The Hall–Kier alpha value is -0.120. The van der Waals surface area contributed by atoms with E-state index in [4.69, 9.17) is 4.74 Å². The first-order valence-electron chi connectivity index (χ1n) is 6.17. The van der Waals surface area contributed by atoms with Crippen LogP contribution in [0.3, 0.4) is 0 Å². The molecule has 3 heteroatoms. The zero-order chi connectivity index (χ0) is 11.1. The van der Waals surface area contributed by atoms with E-state index in [1.165, 1.54) is 32.4 Å². The van der Waals surface area contributed by atoms with Gasteiger partial charge in [0.05, 0.1) is 12.7 Å². The fourth-order valence-corrected chi connectivity index (χ4v) is 2.13. The normalized spacial score (nSPS) is 20.8. The summed E-state index contributed by atoms with van der Waals surface area (Å²) in [5.41, 5.74) is 0. The van der Waals surface area contributed by atoms with E-state index in [9.17, 15) is 0 Å². The van der Waals surface area contributed by atoms with E-state index in [0.717, 1.165) is 19.7 Å². The Morgan fingerprint density at radius 1 is 1.20 bits per heavy atom. The lowest BCUT2D eigenvalue weighted by Crippen LogP contribution is -2.34. The van der Waals surface area contributed by atoms with Crippen LogP contribution >= 0.6 is 0 Å². The number of likely N-dealkylation sites (N-methyl/N-ethyl adjacent to an activating group) is 1. The van der Waals surface area contributed by atoms with Gasteiger partial charge in [-0.25, -0.2) is 0 Å². The highest BCUT2D eigenvalue weighted by molar-refractivity contribution is 4.64. The zero-order valence-electron chi connectivity index (χ0n) is 10.5. The molecule has 0 bridgehead atoms. The van der Waals surface area contributed by atoms with Crippen LogP contribution in [0.4, 0.5) is 0 Å². The van der Waals surface area contributed by atoms with Crippen molar-refractivity contribution in [1.29, 1.82) is 0 Å². The molecule has 0 aromatic carbocycles. The lowest BCUT2D eigenvalue weighted by Gasteiger charge is -2.27. The van der Waals surface area contributed by atoms with Crippen molar-refractivity contribution in [3.8, 4) is 0 Å². The molecule has 1 heterocycles. The third-order valence-electron chi connectivity index (χ3n) is 2.88. The minimum atomic E-state index is 0.352. The Labute approximate surface area is 94.4 Å². The van der Waals surface area contributed by atoms with Gasteiger partial charge >= 0.3 is 0 Å². The summed E-state index contributed by atoms with van der Waals surface area (Å²) in [6.07, 6.45) is 4.50. The third kappa shape index (κ3) is 6.13. The molecule has 90 valence electrons. The molecule has 3 nitrogen and oxygen atoms in total. The maximum absolute atomic E-state index is 5.77. The summed E-state index contributed by atoms with van der Waals surface area (Å²) < 4.78 is 5.77. The summed E-state index contributed by atoms with van der Waals surface area (Å²) in [5, 5.41) is 0.